The SMILES string of the molecule is COc1ccc(CCN2C(=S)N[C@@H]3c4cc([N+](=O)[O-])ccc4O[C@]2(C)[C@@H]3C(=O)Nc2ccc(Cl)cc2)cc1OC. The lowest BCUT2D eigenvalue weighted by Crippen LogP contribution is -2.71. The highest BCUT2D eigenvalue weighted by molar-refractivity contribution is 7.80. The van der Waals surface area contributed by atoms with Crippen LogP contribution >= 0.6 is 23.8 Å². The van der Waals surface area contributed by atoms with Gasteiger partial charge in [0.2, 0.25) is 5.91 Å². The molecule has 0 unspecified atom stereocenters. The topological polar surface area (TPSA) is 115 Å². The summed E-state index contributed by atoms with van der Waals surface area (Å²) in [5, 5.41) is 18.7. The largest absolute Gasteiger partial charge is 0.493 e. The van der Waals surface area contributed by atoms with Crippen LogP contribution in [-0.2, 0) is 11.2 Å². The summed E-state index contributed by atoms with van der Waals surface area (Å²) >= 11 is 11.8. The average molecular weight is 583 g/mol. The van der Waals surface area contributed by atoms with Gasteiger partial charge >= 0.3 is 0 Å². The van der Waals surface area contributed by atoms with Gasteiger partial charge in [0.25, 0.3) is 5.69 Å². The second-order valence-corrected chi connectivity index (χ2v) is 10.5. The van der Waals surface area contributed by atoms with Crippen molar-refractivity contribution in [2.75, 3.05) is 26.1 Å². The molecule has 0 saturated carbocycles. The number of hydrogen-bond acceptors (Lipinski definition) is 7. The number of anilines is 1. The van der Waals surface area contributed by atoms with E-state index in [0.29, 0.717) is 51.6 Å². The van der Waals surface area contributed by atoms with Crippen LogP contribution in [0.4, 0.5) is 11.4 Å². The highest BCUT2D eigenvalue weighted by Crippen LogP contribution is 2.49. The van der Waals surface area contributed by atoms with Gasteiger partial charge in [0, 0.05) is 35.0 Å². The van der Waals surface area contributed by atoms with Crippen LogP contribution in [0.2, 0.25) is 5.02 Å². The molecule has 40 heavy (non-hydrogen) atoms. The maximum absolute atomic E-state index is 13.9. The average Bonchev–Trinajstić information content (AvgIpc) is 2.93. The fraction of sp³-hybridized carbons (Fsp3) is 0.286. The number of rotatable bonds is 8. The van der Waals surface area contributed by atoms with Crippen LogP contribution in [0.3, 0.4) is 0 Å². The van der Waals surface area contributed by atoms with Crippen LogP contribution < -0.4 is 24.8 Å². The Bertz CT molecular complexity index is 1490. The summed E-state index contributed by atoms with van der Waals surface area (Å²) in [6.45, 7) is 2.23. The molecule has 2 heterocycles. The summed E-state index contributed by atoms with van der Waals surface area (Å²) in [6, 6.07) is 16.1. The minimum Gasteiger partial charge on any atom is -0.493 e. The van der Waals surface area contributed by atoms with E-state index in [2.05, 4.69) is 10.6 Å². The molecule has 1 fully saturated rings. The summed E-state index contributed by atoms with van der Waals surface area (Å²) in [6.07, 6.45) is 0.560. The number of halogens is 1. The molecule has 2 aliphatic rings. The zero-order valence-electron chi connectivity index (χ0n) is 22.0. The van der Waals surface area contributed by atoms with Crippen LogP contribution in [-0.4, -0.2) is 47.3 Å². The predicted octanol–water partition coefficient (Wildman–Crippen LogP) is 5.10. The quantitative estimate of drug-likeness (QED) is 0.212. The summed E-state index contributed by atoms with van der Waals surface area (Å²) < 4.78 is 17.3. The lowest BCUT2D eigenvalue weighted by Gasteiger charge is -2.56. The van der Waals surface area contributed by atoms with Crippen molar-refractivity contribution in [3.05, 3.63) is 86.9 Å². The van der Waals surface area contributed by atoms with E-state index in [1.807, 2.05) is 30.0 Å². The van der Waals surface area contributed by atoms with Gasteiger partial charge in [-0.25, -0.2) is 0 Å². The van der Waals surface area contributed by atoms with Crippen molar-refractivity contribution in [3.8, 4) is 17.2 Å². The van der Waals surface area contributed by atoms with Gasteiger partial charge in [-0.3, -0.25) is 14.9 Å². The van der Waals surface area contributed by atoms with Crippen molar-refractivity contribution in [1.82, 2.24) is 10.2 Å². The summed E-state index contributed by atoms with van der Waals surface area (Å²) in [5.74, 6) is 0.513. The first-order valence-electron chi connectivity index (χ1n) is 12.5. The second-order valence-electron chi connectivity index (χ2n) is 9.63. The molecular weight excluding hydrogens is 556 g/mol. The Hall–Kier alpha value is -4.09. The Morgan fingerprint density at radius 3 is 2.55 bits per heavy atom. The number of fused-ring (bicyclic) bond motifs is 4. The molecule has 2 aliphatic heterocycles. The van der Waals surface area contributed by atoms with Crippen molar-refractivity contribution in [1.29, 1.82) is 0 Å². The highest BCUT2D eigenvalue weighted by Gasteiger charge is 2.58. The molecule has 5 rings (SSSR count). The molecule has 2 bridgehead atoms. The van der Waals surface area contributed by atoms with E-state index < -0.39 is 22.6 Å². The smallest absolute Gasteiger partial charge is 0.270 e. The molecule has 0 aromatic heterocycles. The van der Waals surface area contributed by atoms with Gasteiger partial charge in [0.05, 0.1) is 25.2 Å². The maximum atomic E-state index is 13.9. The third-order valence-electron chi connectivity index (χ3n) is 7.29. The van der Waals surface area contributed by atoms with Gasteiger partial charge in [-0.1, -0.05) is 17.7 Å². The van der Waals surface area contributed by atoms with Crippen LogP contribution in [0.25, 0.3) is 0 Å². The number of non-ortho nitro benzene ring substituents is 1. The van der Waals surface area contributed by atoms with Gasteiger partial charge in [0.1, 0.15) is 11.7 Å². The number of benzene rings is 3. The lowest BCUT2D eigenvalue weighted by atomic mass is 9.78. The Balaban J connectivity index is 1.51. The number of hydrogen-bond donors (Lipinski definition) is 2. The first-order valence-corrected chi connectivity index (χ1v) is 13.3. The van der Waals surface area contributed by atoms with Crippen molar-refractivity contribution in [2.45, 2.75) is 25.1 Å². The first-order chi connectivity index (χ1) is 19.1. The number of carbonyl (C=O) groups is 1. The fourth-order valence-electron chi connectivity index (χ4n) is 5.31. The molecule has 12 heteroatoms. The monoisotopic (exact) mass is 582 g/mol. The second kappa shape index (κ2) is 10.8. The van der Waals surface area contributed by atoms with E-state index in [9.17, 15) is 14.9 Å². The van der Waals surface area contributed by atoms with Crippen molar-refractivity contribution < 1.29 is 23.9 Å². The molecule has 0 spiro atoms. The number of nitro groups is 1. The summed E-state index contributed by atoms with van der Waals surface area (Å²) in [4.78, 5) is 26.8. The molecule has 3 aromatic rings. The Morgan fingerprint density at radius 1 is 1.15 bits per heavy atom. The van der Waals surface area contributed by atoms with Crippen molar-refractivity contribution in [2.24, 2.45) is 5.92 Å². The third kappa shape index (κ3) is 4.98. The van der Waals surface area contributed by atoms with E-state index in [1.165, 1.54) is 12.1 Å². The number of thiocarbonyl (C=S) groups is 1. The number of carbonyl (C=O) groups excluding carboxylic acids is 1. The normalized spacial score (nSPS) is 21.0. The molecule has 10 nitrogen and oxygen atoms in total. The van der Waals surface area contributed by atoms with Gasteiger partial charge in [-0.2, -0.15) is 0 Å². The standard InChI is InChI=1S/C28H27ClN4O6S/c1-28-24(26(34)30-18-7-5-17(29)6-8-18)25(20-15-19(33(35)36)9-11-21(20)39-28)31-27(40)32(28)13-12-16-4-10-22(37-2)23(14-16)38-3/h4-11,14-15,24-25H,12-13H2,1-3H3,(H,30,34)(H,31,40)/t24-,25+,28+/m0/s1. The molecule has 1 amide bonds. The van der Waals surface area contributed by atoms with Crippen molar-refractivity contribution in [3.63, 3.8) is 0 Å². The zero-order valence-corrected chi connectivity index (χ0v) is 23.5. The first kappa shape index (κ1) is 27.5. The van der Waals surface area contributed by atoms with E-state index in [1.54, 1.807) is 44.6 Å². The summed E-state index contributed by atoms with van der Waals surface area (Å²) in [5.41, 5.74) is 0.709. The molecule has 0 aliphatic carbocycles. The number of methoxy groups -OCH3 is 2. The Labute approximate surface area is 241 Å². The Kier molecular flexibility index (Phi) is 7.43. The molecule has 0 radical (unpaired) electrons. The van der Waals surface area contributed by atoms with Crippen LogP contribution in [0, 0.1) is 16.0 Å². The molecule has 3 aromatic carbocycles. The number of amides is 1. The van der Waals surface area contributed by atoms with E-state index in [-0.39, 0.29) is 11.6 Å². The minimum absolute atomic E-state index is 0.105. The third-order valence-corrected chi connectivity index (χ3v) is 7.88. The van der Waals surface area contributed by atoms with Crippen LogP contribution in [0.15, 0.2) is 60.7 Å². The van der Waals surface area contributed by atoms with Gasteiger partial charge in [0.15, 0.2) is 22.3 Å². The summed E-state index contributed by atoms with van der Waals surface area (Å²) in [7, 11) is 3.16. The predicted molar refractivity (Wildman–Crippen MR) is 154 cm³/mol. The zero-order chi connectivity index (χ0) is 28.6. The van der Waals surface area contributed by atoms with Crippen LogP contribution in [0.1, 0.15) is 24.1 Å². The van der Waals surface area contributed by atoms with E-state index in [4.69, 9.17) is 38.0 Å². The number of nitro benzene ring substituents is 1. The lowest BCUT2D eigenvalue weighted by molar-refractivity contribution is -0.385. The molecule has 1 saturated heterocycles. The number of nitrogens with zero attached hydrogens (tertiary/aromatic N) is 2. The molecule has 3 atom stereocenters. The fourth-order valence-corrected chi connectivity index (χ4v) is 5.83. The van der Waals surface area contributed by atoms with E-state index >= 15 is 0 Å². The molecule has 2 N–H and O–H groups in total. The Morgan fingerprint density at radius 2 is 1.88 bits per heavy atom. The molecular formula is C28H27ClN4O6S. The maximum Gasteiger partial charge on any atom is 0.270 e. The number of nitrogens with one attached hydrogen (secondary N) is 2. The minimum atomic E-state index is -1.21. The van der Waals surface area contributed by atoms with Crippen molar-refractivity contribution >= 4 is 46.2 Å². The van der Waals surface area contributed by atoms with Gasteiger partial charge in [-0.15, -0.1) is 0 Å². The number of ether oxygens (including phenoxy) is 3. The van der Waals surface area contributed by atoms with Crippen LogP contribution in [0.5, 0.6) is 17.2 Å². The highest BCUT2D eigenvalue weighted by atomic mass is 35.5. The molecule has 208 valence electrons. The van der Waals surface area contributed by atoms with Gasteiger partial charge in [-0.05, 0) is 73.6 Å². The van der Waals surface area contributed by atoms with E-state index in [0.717, 1.165) is 5.56 Å². The van der Waals surface area contributed by atoms with Gasteiger partial charge < -0.3 is 29.7 Å².